The van der Waals surface area contributed by atoms with Gasteiger partial charge in [0.15, 0.2) is 6.10 Å². The molecule has 0 unspecified atom stereocenters. The molecule has 2 rings (SSSR count). The molecule has 0 bridgehead atoms. The Bertz CT molecular complexity index is 755. The number of rotatable bonds is 8. The van der Waals surface area contributed by atoms with Crippen LogP contribution in [0.15, 0.2) is 42.5 Å². The molecular weight excluding hydrogens is 350 g/mol. The maximum Gasteiger partial charge on any atom is 0.261 e. The quantitative estimate of drug-likeness (QED) is 0.656. The number of aryl methyl sites for hydroxylation is 2. The highest BCUT2D eigenvalue weighted by Gasteiger charge is 2.19. The Kier molecular flexibility index (Phi) is 7.50. The van der Waals surface area contributed by atoms with Crippen molar-refractivity contribution in [2.24, 2.45) is 0 Å². The second kappa shape index (κ2) is 9.63. The molecule has 0 saturated heterocycles. The van der Waals surface area contributed by atoms with Crippen LogP contribution in [0.5, 0.6) is 11.5 Å². The molecule has 0 heterocycles. The first kappa shape index (κ1) is 21.8. The van der Waals surface area contributed by atoms with Crippen molar-refractivity contribution in [3.63, 3.8) is 0 Å². The molecule has 0 radical (unpaired) electrons. The maximum atomic E-state index is 12.4. The fourth-order valence-electron chi connectivity index (χ4n) is 2.99. The second-order valence-electron chi connectivity index (χ2n) is 8.25. The fraction of sp³-hybridized carbons (Fsp3) is 0.458. The average Bonchev–Trinajstić information content (AvgIpc) is 2.62. The molecule has 0 aliphatic rings. The number of ether oxygens (including phenoxy) is 2. The van der Waals surface area contributed by atoms with Crippen LogP contribution in [-0.2, 0) is 10.2 Å². The van der Waals surface area contributed by atoms with Crippen LogP contribution >= 0.6 is 0 Å². The molecule has 2 aromatic rings. The van der Waals surface area contributed by atoms with E-state index in [0.717, 1.165) is 16.9 Å². The first-order valence-corrected chi connectivity index (χ1v) is 9.95. The molecule has 0 fully saturated rings. The lowest BCUT2D eigenvalue weighted by Gasteiger charge is -2.21. The van der Waals surface area contributed by atoms with Crippen molar-refractivity contribution in [1.82, 2.24) is 5.32 Å². The highest BCUT2D eigenvalue weighted by Crippen LogP contribution is 2.25. The van der Waals surface area contributed by atoms with E-state index in [9.17, 15) is 4.79 Å². The molecule has 28 heavy (non-hydrogen) atoms. The molecule has 4 heteroatoms. The van der Waals surface area contributed by atoms with E-state index >= 15 is 0 Å². The van der Waals surface area contributed by atoms with Gasteiger partial charge in [-0.2, -0.15) is 0 Å². The first-order chi connectivity index (χ1) is 13.2. The summed E-state index contributed by atoms with van der Waals surface area (Å²) in [6.07, 6.45) is 0.0897. The zero-order valence-electron chi connectivity index (χ0n) is 18.0. The zero-order valence-corrected chi connectivity index (χ0v) is 18.0. The van der Waals surface area contributed by atoms with Crippen molar-refractivity contribution in [1.29, 1.82) is 0 Å². The minimum atomic E-state index is -0.512. The van der Waals surface area contributed by atoms with E-state index in [-0.39, 0.29) is 11.3 Å². The normalized spacial score (nSPS) is 12.4. The van der Waals surface area contributed by atoms with Gasteiger partial charge in [-0.1, -0.05) is 45.9 Å². The van der Waals surface area contributed by atoms with Crippen LogP contribution in [-0.4, -0.2) is 25.2 Å². The fourth-order valence-corrected chi connectivity index (χ4v) is 2.99. The van der Waals surface area contributed by atoms with Gasteiger partial charge in [-0.15, -0.1) is 0 Å². The molecule has 0 spiro atoms. The summed E-state index contributed by atoms with van der Waals surface area (Å²) in [6, 6.07) is 14.1. The maximum absolute atomic E-state index is 12.4. The van der Waals surface area contributed by atoms with Crippen molar-refractivity contribution >= 4 is 5.91 Å². The van der Waals surface area contributed by atoms with Gasteiger partial charge in [0.1, 0.15) is 18.1 Å². The number of benzene rings is 2. The largest absolute Gasteiger partial charge is 0.492 e. The highest BCUT2D eigenvalue weighted by molar-refractivity contribution is 5.81. The van der Waals surface area contributed by atoms with Crippen molar-refractivity contribution in [3.8, 4) is 11.5 Å². The van der Waals surface area contributed by atoms with Crippen LogP contribution in [0.3, 0.4) is 0 Å². The van der Waals surface area contributed by atoms with Gasteiger partial charge in [0.2, 0.25) is 0 Å². The molecule has 1 atom stereocenters. The molecule has 152 valence electrons. The monoisotopic (exact) mass is 383 g/mol. The predicted molar refractivity (Wildman–Crippen MR) is 114 cm³/mol. The molecule has 0 aliphatic heterocycles. The van der Waals surface area contributed by atoms with Gasteiger partial charge < -0.3 is 14.8 Å². The van der Waals surface area contributed by atoms with Crippen LogP contribution < -0.4 is 14.8 Å². The molecular formula is C24H33NO3. The first-order valence-electron chi connectivity index (χ1n) is 9.95. The Balaban J connectivity index is 1.82. The summed E-state index contributed by atoms with van der Waals surface area (Å²) in [5.41, 5.74) is 3.66. The highest BCUT2D eigenvalue weighted by atomic mass is 16.5. The number of hydrogen-bond acceptors (Lipinski definition) is 3. The lowest BCUT2D eigenvalue weighted by atomic mass is 9.87. The topological polar surface area (TPSA) is 47.6 Å². The second-order valence-corrected chi connectivity index (χ2v) is 8.25. The minimum absolute atomic E-state index is 0.0932. The summed E-state index contributed by atoms with van der Waals surface area (Å²) in [7, 11) is 0. The number of amides is 1. The lowest BCUT2D eigenvalue weighted by Crippen LogP contribution is -2.39. The Hall–Kier alpha value is -2.49. The van der Waals surface area contributed by atoms with E-state index in [1.165, 1.54) is 5.56 Å². The van der Waals surface area contributed by atoms with Crippen LogP contribution in [0.4, 0.5) is 0 Å². The molecule has 4 nitrogen and oxygen atoms in total. The number of nitrogens with one attached hydrogen (secondary N) is 1. The van der Waals surface area contributed by atoms with Crippen LogP contribution in [0, 0.1) is 13.8 Å². The van der Waals surface area contributed by atoms with Gasteiger partial charge >= 0.3 is 0 Å². The van der Waals surface area contributed by atoms with E-state index in [2.05, 4.69) is 44.3 Å². The average molecular weight is 384 g/mol. The standard InChI is InChI=1S/C24H33NO3/c1-7-22(28-20-10-8-19(9-11-20)24(4,5)6)23(26)25-12-13-27-21-15-17(2)14-18(3)16-21/h8-11,14-16,22H,7,12-13H2,1-6H3,(H,25,26)/t22-/m1/s1. The molecule has 0 aromatic heterocycles. The summed E-state index contributed by atoms with van der Waals surface area (Å²) in [4.78, 5) is 12.4. The summed E-state index contributed by atoms with van der Waals surface area (Å²) in [5.74, 6) is 1.42. The number of hydrogen-bond donors (Lipinski definition) is 1. The van der Waals surface area contributed by atoms with Gasteiger partial charge in [0.05, 0.1) is 6.54 Å². The third kappa shape index (κ3) is 6.59. The number of carbonyl (C=O) groups is 1. The smallest absolute Gasteiger partial charge is 0.261 e. The van der Waals surface area contributed by atoms with Gasteiger partial charge in [-0.3, -0.25) is 4.79 Å². The van der Waals surface area contributed by atoms with E-state index in [4.69, 9.17) is 9.47 Å². The predicted octanol–water partition coefficient (Wildman–Crippen LogP) is 4.95. The van der Waals surface area contributed by atoms with E-state index in [1.54, 1.807) is 0 Å². The number of carbonyl (C=O) groups excluding carboxylic acids is 1. The minimum Gasteiger partial charge on any atom is -0.492 e. The Morgan fingerprint density at radius 3 is 2.14 bits per heavy atom. The SMILES string of the molecule is CC[C@@H](Oc1ccc(C(C)(C)C)cc1)C(=O)NCCOc1cc(C)cc(C)c1. The van der Waals surface area contributed by atoms with Crippen molar-refractivity contribution in [2.45, 2.75) is 59.5 Å². The van der Waals surface area contributed by atoms with E-state index in [1.807, 2.05) is 45.0 Å². The molecule has 1 amide bonds. The zero-order chi connectivity index (χ0) is 20.7. The van der Waals surface area contributed by atoms with Crippen LogP contribution in [0.1, 0.15) is 50.8 Å². The van der Waals surface area contributed by atoms with Crippen LogP contribution in [0.2, 0.25) is 0 Å². The summed E-state index contributed by atoms with van der Waals surface area (Å²) >= 11 is 0. The van der Waals surface area contributed by atoms with E-state index in [0.29, 0.717) is 25.3 Å². The molecule has 1 N–H and O–H groups in total. The summed E-state index contributed by atoms with van der Waals surface area (Å²) in [5, 5.41) is 2.90. The molecule has 0 aliphatic carbocycles. The Morgan fingerprint density at radius 2 is 1.61 bits per heavy atom. The lowest BCUT2D eigenvalue weighted by molar-refractivity contribution is -0.128. The third-order valence-corrected chi connectivity index (χ3v) is 4.53. The van der Waals surface area contributed by atoms with E-state index < -0.39 is 6.10 Å². The van der Waals surface area contributed by atoms with Crippen molar-refractivity contribution in [3.05, 3.63) is 59.2 Å². The summed E-state index contributed by atoms with van der Waals surface area (Å²) < 4.78 is 11.6. The molecule has 2 aromatic carbocycles. The van der Waals surface area contributed by atoms with Gasteiger partial charge in [-0.25, -0.2) is 0 Å². The Morgan fingerprint density at radius 1 is 1.00 bits per heavy atom. The van der Waals surface area contributed by atoms with Crippen molar-refractivity contribution < 1.29 is 14.3 Å². The third-order valence-electron chi connectivity index (χ3n) is 4.53. The van der Waals surface area contributed by atoms with Gasteiger partial charge in [0, 0.05) is 0 Å². The van der Waals surface area contributed by atoms with Gasteiger partial charge in [-0.05, 0) is 66.6 Å². The Labute approximate surface area is 169 Å². The van der Waals surface area contributed by atoms with Gasteiger partial charge in [0.25, 0.3) is 5.91 Å². The van der Waals surface area contributed by atoms with Crippen molar-refractivity contribution in [2.75, 3.05) is 13.2 Å². The summed E-state index contributed by atoms with van der Waals surface area (Å²) in [6.45, 7) is 13.4. The molecule has 0 saturated carbocycles. The van der Waals surface area contributed by atoms with Crippen LogP contribution in [0.25, 0.3) is 0 Å².